The Morgan fingerprint density at radius 1 is 1.05 bits per heavy atom. The third-order valence-electron chi connectivity index (χ3n) is 4.47. The Morgan fingerprint density at radius 2 is 1.65 bits per heavy atom. The molecule has 0 heterocycles. The summed E-state index contributed by atoms with van der Waals surface area (Å²) in [7, 11) is 0. The molecule has 1 fully saturated rings. The van der Waals surface area contributed by atoms with Gasteiger partial charge in [0.2, 0.25) is 0 Å². The van der Waals surface area contributed by atoms with Gasteiger partial charge in [-0.2, -0.15) is 0 Å². The Kier molecular flexibility index (Phi) is 5.62. The summed E-state index contributed by atoms with van der Waals surface area (Å²) in [6, 6.07) is 5.23. The van der Waals surface area contributed by atoms with Crippen molar-refractivity contribution in [3.63, 3.8) is 0 Å². The lowest BCUT2D eigenvalue weighted by molar-refractivity contribution is 0.0110. The van der Waals surface area contributed by atoms with Crippen LogP contribution in [0.2, 0.25) is 0 Å². The van der Waals surface area contributed by atoms with E-state index >= 15 is 0 Å². The number of benzene rings is 1. The van der Waals surface area contributed by atoms with Gasteiger partial charge in [-0.05, 0) is 69.7 Å². The summed E-state index contributed by atoms with van der Waals surface area (Å²) in [6.07, 6.45) is 5.35. The van der Waals surface area contributed by atoms with Crippen LogP contribution in [0.5, 0.6) is 0 Å². The van der Waals surface area contributed by atoms with Crippen LogP contribution in [0.3, 0.4) is 0 Å². The van der Waals surface area contributed by atoms with Crippen LogP contribution in [0, 0.1) is 20.8 Å². The molecule has 1 saturated carbocycles. The van der Waals surface area contributed by atoms with Gasteiger partial charge < -0.3 is 10.1 Å². The van der Waals surface area contributed by atoms with E-state index in [-0.39, 0.29) is 0 Å². The number of hydrogen-bond donors (Lipinski definition) is 1. The number of ether oxygens (including phenoxy) is 1. The predicted octanol–water partition coefficient (Wildman–Crippen LogP) is 4.05. The first kappa shape index (κ1) is 15.5. The number of nitrogens with one attached hydrogen (secondary N) is 1. The number of hydrogen-bond acceptors (Lipinski definition) is 2. The van der Waals surface area contributed by atoms with Crippen molar-refractivity contribution in [3.05, 3.63) is 34.4 Å². The fourth-order valence-electron chi connectivity index (χ4n) is 3.36. The fourth-order valence-corrected chi connectivity index (χ4v) is 3.36. The van der Waals surface area contributed by atoms with Crippen LogP contribution < -0.4 is 5.32 Å². The van der Waals surface area contributed by atoms with Crippen molar-refractivity contribution in [1.29, 1.82) is 0 Å². The fraction of sp³-hybridized carbons (Fsp3) is 0.667. The van der Waals surface area contributed by atoms with Crippen LogP contribution in [0.25, 0.3) is 0 Å². The molecule has 0 spiro atoms. The zero-order chi connectivity index (χ0) is 14.5. The average Bonchev–Trinajstić information content (AvgIpc) is 2.39. The van der Waals surface area contributed by atoms with Gasteiger partial charge >= 0.3 is 0 Å². The van der Waals surface area contributed by atoms with E-state index in [1.54, 1.807) is 0 Å². The van der Waals surface area contributed by atoms with Crippen molar-refractivity contribution in [2.24, 2.45) is 0 Å². The second-order valence-corrected chi connectivity index (χ2v) is 6.22. The van der Waals surface area contributed by atoms with E-state index in [1.165, 1.54) is 47.9 Å². The Hall–Kier alpha value is -0.860. The van der Waals surface area contributed by atoms with Crippen molar-refractivity contribution in [2.45, 2.75) is 72.1 Å². The van der Waals surface area contributed by atoms with Crippen molar-refractivity contribution in [3.8, 4) is 0 Å². The second kappa shape index (κ2) is 7.24. The molecule has 0 bridgehead atoms. The summed E-state index contributed by atoms with van der Waals surface area (Å²) < 4.78 is 6.17. The largest absolute Gasteiger partial charge is 0.374 e. The molecule has 1 aliphatic carbocycles. The summed E-state index contributed by atoms with van der Waals surface area (Å²) in [6.45, 7) is 10.6. The van der Waals surface area contributed by atoms with Gasteiger partial charge in [-0.15, -0.1) is 0 Å². The summed E-state index contributed by atoms with van der Waals surface area (Å²) >= 11 is 0. The smallest absolute Gasteiger partial charge is 0.0725 e. The maximum Gasteiger partial charge on any atom is 0.0725 e. The zero-order valence-electron chi connectivity index (χ0n) is 13.5. The average molecular weight is 275 g/mol. The first-order valence-electron chi connectivity index (χ1n) is 8.01. The van der Waals surface area contributed by atoms with Gasteiger partial charge in [0.1, 0.15) is 0 Å². The lowest BCUT2D eigenvalue weighted by atomic mass is 9.93. The van der Waals surface area contributed by atoms with Gasteiger partial charge in [0, 0.05) is 6.04 Å². The molecule has 0 saturated heterocycles. The highest BCUT2D eigenvalue weighted by Crippen LogP contribution is 2.24. The Bertz CT molecular complexity index is 410. The molecule has 112 valence electrons. The molecule has 1 N–H and O–H groups in total. The molecule has 1 aromatic carbocycles. The summed E-state index contributed by atoms with van der Waals surface area (Å²) in [5.41, 5.74) is 5.45. The van der Waals surface area contributed by atoms with Crippen LogP contribution in [-0.2, 0) is 11.3 Å². The van der Waals surface area contributed by atoms with Gasteiger partial charge in [-0.1, -0.05) is 24.6 Å². The molecule has 0 unspecified atom stereocenters. The molecule has 2 nitrogen and oxygen atoms in total. The highest BCUT2D eigenvalue weighted by molar-refractivity contribution is 5.36. The molecule has 2 heteroatoms. The van der Waals surface area contributed by atoms with Gasteiger partial charge in [-0.3, -0.25) is 0 Å². The van der Waals surface area contributed by atoms with E-state index in [2.05, 4.69) is 45.1 Å². The van der Waals surface area contributed by atoms with Crippen LogP contribution in [0.4, 0.5) is 0 Å². The lowest BCUT2D eigenvalue weighted by Gasteiger charge is -2.29. The van der Waals surface area contributed by atoms with E-state index in [0.717, 1.165) is 13.2 Å². The molecule has 0 radical (unpaired) electrons. The Labute approximate surface area is 123 Å². The normalized spacial score (nSPS) is 23.0. The standard InChI is InChI=1S/C18H29NO/c1-5-19-16-6-8-17(9-7-16)20-12-18-14(3)10-13(2)11-15(18)4/h10-11,16-17,19H,5-9,12H2,1-4H3. The van der Waals surface area contributed by atoms with E-state index in [9.17, 15) is 0 Å². The minimum Gasteiger partial charge on any atom is -0.374 e. The topological polar surface area (TPSA) is 21.3 Å². The molecular weight excluding hydrogens is 246 g/mol. The van der Waals surface area contributed by atoms with Crippen LogP contribution in [-0.4, -0.2) is 18.7 Å². The quantitative estimate of drug-likeness (QED) is 0.875. The van der Waals surface area contributed by atoms with Crippen molar-refractivity contribution >= 4 is 0 Å². The molecule has 0 aliphatic heterocycles. The van der Waals surface area contributed by atoms with Crippen LogP contribution in [0.1, 0.15) is 54.9 Å². The minimum atomic E-state index is 0.449. The highest BCUT2D eigenvalue weighted by Gasteiger charge is 2.21. The van der Waals surface area contributed by atoms with E-state index in [1.807, 2.05) is 0 Å². The maximum atomic E-state index is 6.17. The molecule has 0 aromatic heterocycles. The number of aryl methyl sites for hydroxylation is 3. The first-order valence-corrected chi connectivity index (χ1v) is 8.01. The second-order valence-electron chi connectivity index (χ2n) is 6.22. The molecule has 1 aliphatic rings. The van der Waals surface area contributed by atoms with Crippen molar-refractivity contribution in [2.75, 3.05) is 6.54 Å². The van der Waals surface area contributed by atoms with E-state index in [4.69, 9.17) is 4.74 Å². The minimum absolute atomic E-state index is 0.449. The van der Waals surface area contributed by atoms with Gasteiger partial charge in [-0.25, -0.2) is 0 Å². The highest BCUT2D eigenvalue weighted by atomic mass is 16.5. The van der Waals surface area contributed by atoms with Crippen molar-refractivity contribution < 1.29 is 4.74 Å². The number of rotatable bonds is 5. The predicted molar refractivity (Wildman–Crippen MR) is 85.2 cm³/mol. The Balaban J connectivity index is 1.85. The molecule has 2 rings (SSSR count). The van der Waals surface area contributed by atoms with E-state index < -0.39 is 0 Å². The van der Waals surface area contributed by atoms with Gasteiger partial charge in [0.05, 0.1) is 12.7 Å². The van der Waals surface area contributed by atoms with Crippen LogP contribution in [0.15, 0.2) is 12.1 Å². The van der Waals surface area contributed by atoms with Gasteiger partial charge in [0.25, 0.3) is 0 Å². The monoisotopic (exact) mass is 275 g/mol. The van der Waals surface area contributed by atoms with Crippen molar-refractivity contribution in [1.82, 2.24) is 5.32 Å². The summed E-state index contributed by atoms with van der Waals surface area (Å²) in [5, 5.41) is 3.55. The maximum absolute atomic E-state index is 6.17. The van der Waals surface area contributed by atoms with Crippen LogP contribution >= 0.6 is 0 Å². The lowest BCUT2D eigenvalue weighted by Crippen LogP contribution is -2.35. The summed E-state index contributed by atoms with van der Waals surface area (Å²) in [4.78, 5) is 0. The molecule has 20 heavy (non-hydrogen) atoms. The zero-order valence-corrected chi connectivity index (χ0v) is 13.5. The Morgan fingerprint density at radius 3 is 2.20 bits per heavy atom. The van der Waals surface area contributed by atoms with E-state index in [0.29, 0.717) is 12.1 Å². The molecule has 0 atom stereocenters. The third-order valence-corrected chi connectivity index (χ3v) is 4.47. The SMILES string of the molecule is CCNC1CCC(OCc2c(C)cc(C)cc2C)CC1. The summed E-state index contributed by atoms with van der Waals surface area (Å²) in [5.74, 6) is 0. The molecule has 1 aromatic rings. The first-order chi connectivity index (χ1) is 9.60. The van der Waals surface area contributed by atoms with Gasteiger partial charge in [0.15, 0.2) is 0 Å². The third kappa shape index (κ3) is 4.07. The molecule has 0 amide bonds. The molecular formula is C18H29NO.